The second-order valence-electron chi connectivity index (χ2n) is 4.59. The minimum Gasteiger partial charge on any atom is -0.387 e. The third-order valence-electron chi connectivity index (χ3n) is 3.10. The zero-order valence-corrected chi connectivity index (χ0v) is 8.95. The summed E-state index contributed by atoms with van der Waals surface area (Å²) in [7, 11) is 2.04. The highest BCUT2D eigenvalue weighted by molar-refractivity contribution is 4.97. The van der Waals surface area contributed by atoms with E-state index in [1.165, 1.54) is 0 Å². The molecule has 3 heteroatoms. The van der Waals surface area contributed by atoms with E-state index in [0.717, 1.165) is 12.8 Å². The van der Waals surface area contributed by atoms with Gasteiger partial charge < -0.3 is 15.7 Å². The van der Waals surface area contributed by atoms with Gasteiger partial charge in [0, 0.05) is 19.1 Å². The first-order chi connectivity index (χ1) is 5.99. The Morgan fingerprint density at radius 3 is 2.38 bits per heavy atom. The molecule has 0 radical (unpaired) electrons. The Labute approximate surface area is 80.9 Å². The molecule has 1 saturated carbocycles. The molecule has 1 rings (SSSR count). The van der Waals surface area contributed by atoms with Crippen LogP contribution in [-0.2, 0) is 0 Å². The first kappa shape index (κ1) is 11.0. The molecule has 0 heterocycles. The largest absolute Gasteiger partial charge is 0.387 e. The number of hydrogen-bond donors (Lipinski definition) is 2. The lowest BCUT2D eigenvalue weighted by molar-refractivity contribution is -0.00855. The van der Waals surface area contributed by atoms with Crippen LogP contribution in [0.25, 0.3) is 0 Å². The number of nitrogens with zero attached hydrogens (tertiary/aromatic N) is 1. The molecule has 1 aliphatic rings. The summed E-state index contributed by atoms with van der Waals surface area (Å²) in [5.74, 6) is 0.443. The van der Waals surface area contributed by atoms with Crippen LogP contribution in [-0.4, -0.2) is 41.8 Å². The topological polar surface area (TPSA) is 49.5 Å². The number of likely N-dealkylation sites (N-methyl/N-ethyl adjacent to an activating group) is 1. The molecule has 1 fully saturated rings. The van der Waals surface area contributed by atoms with E-state index in [9.17, 15) is 5.11 Å². The maximum atomic E-state index is 10.2. The maximum absolute atomic E-state index is 10.2. The van der Waals surface area contributed by atoms with Crippen LogP contribution in [0.3, 0.4) is 0 Å². The molecule has 3 nitrogen and oxygen atoms in total. The molecule has 0 aliphatic heterocycles. The van der Waals surface area contributed by atoms with Gasteiger partial charge in [-0.25, -0.2) is 0 Å². The quantitative estimate of drug-likeness (QED) is 0.654. The molecule has 1 unspecified atom stereocenters. The second kappa shape index (κ2) is 3.95. The number of aliphatic hydroxyl groups is 1. The zero-order valence-electron chi connectivity index (χ0n) is 8.95. The summed E-state index contributed by atoms with van der Waals surface area (Å²) >= 11 is 0. The van der Waals surface area contributed by atoms with Crippen LogP contribution in [0.15, 0.2) is 0 Å². The van der Waals surface area contributed by atoms with Crippen molar-refractivity contribution in [2.75, 3.05) is 20.1 Å². The van der Waals surface area contributed by atoms with Crippen molar-refractivity contribution in [2.45, 2.75) is 38.3 Å². The highest BCUT2D eigenvalue weighted by Crippen LogP contribution is 2.39. The van der Waals surface area contributed by atoms with Gasteiger partial charge >= 0.3 is 0 Å². The molecule has 0 spiro atoms. The van der Waals surface area contributed by atoms with Gasteiger partial charge in [0.15, 0.2) is 0 Å². The number of hydrogen-bond acceptors (Lipinski definition) is 3. The summed E-state index contributed by atoms with van der Waals surface area (Å²) in [6.07, 6.45) is 2.28. The summed E-state index contributed by atoms with van der Waals surface area (Å²) in [5, 5.41) is 10.2. The van der Waals surface area contributed by atoms with Crippen LogP contribution in [0.2, 0.25) is 0 Å². The van der Waals surface area contributed by atoms with E-state index < -0.39 is 5.60 Å². The molecule has 0 aromatic rings. The number of nitrogens with two attached hydrogens (primary N) is 1. The van der Waals surface area contributed by atoms with Crippen LogP contribution in [0.4, 0.5) is 0 Å². The van der Waals surface area contributed by atoms with E-state index in [2.05, 4.69) is 18.7 Å². The molecule has 0 bridgehead atoms. The lowest BCUT2D eigenvalue weighted by Crippen LogP contribution is -2.50. The smallest absolute Gasteiger partial charge is 0.0923 e. The van der Waals surface area contributed by atoms with Crippen molar-refractivity contribution in [3.05, 3.63) is 0 Å². The third kappa shape index (κ3) is 2.66. The van der Waals surface area contributed by atoms with Gasteiger partial charge in [0.25, 0.3) is 0 Å². The highest BCUT2D eigenvalue weighted by atomic mass is 16.3. The summed E-state index contributed by atoms with van der Waals surface area (Å²) in [6, 6.07) is 0.469. The van der Waals surface area contributed by atoms with Crippen molar-refractivity contribution in [2.24, 2.45) is 11.7 Å². The van der Waals surface area contributed by atoms with Gasteiger partial charge in [-0.2, -0.15) is 0 Å². The van der Waals surface area contributed by atoms with Crippen LogP contribution in [0.5, 0.6) is 0 Å². The van der Waals surface area contributed by atoms with E-state index in [1.54, 1.807) is 0 Å². The van der Waals surface area contributed by atoms with Crippen molar-refractivity contribution in [3.8, 4) is 0 Å². The van der Waals surface area contributed by atoms with Crippen molar-refractivity contribution < 1.29 is 5.11 Å². The van der Waals surface area contributed by atoms with Crippen LogP contribution >= 0.6 is 0 Å². The van der Waals surface area contributed by atoms with E-state index in [-0.39, 0.29) is 0 Å². The molecule has 78 valence electrons. The minimum absolute atomic E-state index is 0.384. The first-order valence-electron chi connectivity index (χ1n) is 5.12. The summed E-state index contributed by atoms with van der Waals surface area (Å²) in [5.41, 5.74) is 4.98. The molecule has 0 aromatic carbocycles. The lowest BCUT2D eigenvalue weighted by atomic mass is 9.97. The van der Waals surface area contributed by atoms with Crippen molar-refractivity contribution in [3.63, 3.8) is 0 Å². The summed E-state index contributed by atoms with van der Waals surface area (Å²) in [4.78, 5) is 2.16. The molecule has 3 N–H and O–H groups in total. The Hall–Kier alpha value is -0.120. The van der Waals surface area contributed by atoms with E-state index in [4.69, 9.17) is 5.73 Å². The first-order valence-corrected chi connectivity index (χ1v) is 5.12. The molecule has 13 heavy (non-hydrogen) atoms. The fourth-order valence-electron chi connectivity index (χ4n) is 1.60. The van der Waals surface area contributed by atoms with Crippen molar-refractivity contribution in [1.82, 2.24) is 4.90 Å². The van der Waals surface area contributed by atoms with Crippen LogP contribution in [0, 0.1) is 5.92 Å². The maximum Gasteiger partial charge on any atom is 0.0923 e. The minimum atomic E-state index is -0.640. The zero-order chi connectivity index (χ0) is 10.1. The monoisotopic (exact) mass is 186 g/mol. The Morgan fingerprint density at radius 1 is 1.54 bits per heavy atom. The van der Waals surface area contributed by atoms with E-state index in [1.807, 2.05) is 7.05 Å². The fourth-order valence-corrected chi connectivity index (χ4v) is 1.60. The normalized spacial score (nSPS) is 22.4. The molecule has 0 amide bonds. The predicted molar refractivity (Wildman–Crippen MR) is 54.5 cm³/mol. The van der Waals surface area contributed by atoms with Gasteiger partial charge in [-0.15, -0.1) is 0 Å². The number of rotatable bonds is 5. The van der Waals surface area contributed by atoms with Crippen molar-refractivity contribution in [1.29, 1.82) is 0 Å². The molecular weight excluding hydrogens is 164 g/mol. The SMILES string of the molecule is CC(C)N(C)CC(O)(CN)C1CC1. The van der Waals surface area contributed by atoms with Crippen molar-refractivity contribution >= 4 is 0 Å². The predicted octanol–water partition coefficient (Wildman–Crippen LogP) is 0.426. The molecule has 1 aliphatic carbocycles. The summed E-state index contributed by atoms with van der Waals surface area (Å²) in [6.45, 7) is 5.34. The average molecular weight is 186 g/mol. The van der Waals surface area contributed by atoms with Gasteiger partial charge in [-0.05, 0) is 39.7 Å². The Bertz CT molecular complexity index is 168. The Balaban J connectivity index is 2.47. The molecule has 0 saturated heterocycles. The third-order valence-corrected chi connectivity index (χ3v) is 3.10. The fraction of sp³-hybridized carbons (Fsp3) is 1.00. The van der Waals surface area contributed by atoms with Gasteiger partial charge in [0.1, 0.15) is 0 Å². The standard InChI is InChI=1S/C10H22N2O/c1-8(2)12(3)7-10(13,6-11)9-4-5-9/h8-9,13H,4-7,11H2,1-3H3. The van der Waals surface area contributed by atoms with E-state index in [0.29, 0.717) is 25.0 Å². The van der Waals surface area contributed by atoms with Gasteiger partial charge in [0.2, 0.25) is 0 Å². The average Bonchev–Trinajstić information content (AvgIpc) is 2.86. The summed E-state index contributed by atoms with van der Waals surface area (Å²) < 4.78 is 0. The lowest BCUT2D eigenvalue weighted by Gasteiger charge is -2.33. The van der Waals surface area contributed by atoms with E-state index >= 15 is 0 Å². The molecule has 1 atom stereocenters. The Morgan fingerprint density at radius 2 is 2.08 bits per heavy atom. The molecular formula is C10H22N2O. The second-order valence-corrected chi connectivity index (χ2v) is 4.59. The highest BCUT2D eigenvalue weighted by Gasteiger charge is 2.43. The van der Waals surface area contributed by atoms with Crippen LogP contribution in [0.1, 0.15) is 26.7 Å². The van der Waals surface area contributed by atoms with Gasteiger partial charge in [-0.1, -0.05) is 0 Å². The Kier molecular flexibility index (Phi) is 3.33. The van der Waals surface area contributed by atoms with Gasteiger partial charge in [0.05, 0.1) is 5.60 Å². The van der Waals surface area contributed by atoms with Crippen LogP contribution < -0.4 is 5.73 Å². The van der Waals surface area contributed by atoms with Gasteiger partial charge in [-0.3, -0.25) is 0 Å². The molecule has 0 aromatic heterocycles.